The second-order valence-corrected chi connectivity index (χ2v) is 4.70. The number of ketones is 2. The molecule has 1 aromatic carbocycles. The summed E-state index contributed by atoms with van der Waals surface area (Å²) in [5.41, 5.74) is 1.27. The van der Waals surface area contributed by atoms with Crippen LogP contribution in [0.5, 0.6) is 0 Å². The summed E-state index contributed by atoms with van der Waals surface area (Å²) in [6.07, 6.45) is 2.88. The van der Waals surface area contributed by atoms with Gasteiger partial charge in [0.15, 0.2) is 0 Å². The molecule has 0 aliphatic rings. The lowest BCUT2D eigenvalue weighted by molar-refractivity contribution is -0.119. The molecule has 2 heteroatoms. The van der Waals surface area contributed by atoms with E-state index in [2.05, 4.69) is 12.1 Å². The van der Waals surface area contributed by atoms with Crippen LogP contribution in [-0.2, 0) is 16.0 Å². The van der Waals surface area contributed by atoms with Crippen LogP contribution < -0.4 is 0 Å². The summed E-state index contributed by atoms with van der Waals surface area (Å²) >= 11 is 0. The Bertz CT molecular complexity index is 352. The molecule has 1 rings (SSSR count). The van der Waals surface area contributed by atoms with Gasteiger partial charge in [-0.3, -0.25) is 0 Å². The number of hydrogen-bond acceptors (Lipinski definition) is 2. The van der Waals surface area contributed by atoms with Crippen molar-refractivity contribution >= 4 is 11.6 Å². The van der Waals surface area contributed by atoms with E-state index in [0.29, 0.717) is 12.8 Å². The van der Waals surface area contributed by atoms with Crippen LogP contribution in [0, 0.1) is 5.92 Å². The highest BCUT2D eigenvalue weighted by Crippen LogP contribution is 2.17. The lowest BCUT2D eigenvalue weighted by atomic mass is 9.91. The van der Waals surface area contributed by atoms with Gasteiger partial charge >= 0.3 is 0 Å². The number of hydrogen-bond donors (Lipinski definition) is 0. The van der Waals surface area contributed by atoms with Crippen molar-refractivity contribution in [2.24, 2.45) is 5.92 Å². The summed E-state index contributed by atoms with van der Waals surface area (Å²) < 4.78 is 0. The standard InChI is InChI=1S/C15H20O2/c1-12(16)10-15(11-13(2)17)9-8-14-6-4-3-5-7-14/h3-7,15H,8-11H2,1-2H3. The van der Waals surface area contributed by atoms with Gasteiger partial charge in [-0.25, -0.2) is 0 Å². The molecule has 0 unspecified atom stereocenters. The van der Waals surface area contributed by atoms with Crippen molar-refractivity contribution in [2.45, 2.75) is 39.5 Å². The van der Waals surface area contributed by atoms with E-state index in [1.807, 2.05) is 18.2 Å². The van der Waals surface area contributed by atoms with Crippen LogP contribution in [0.4, 0.5) is 0 Å². The average molecular weight is 232 g/mol. The first-order valence-corrected chi connectivity index (χ1v) is 6.10. The summed E-state index contributed by atoms with van der Waals surface area (Å²) in [6.45, 7) is 3.19. The third kappa shape index (κ3) is 6.00. The fourth-order valence-electron chi connectivity index (χ4n) is 2.10. The molecule has 17 heavy (non-hydrogen) atoms. The molecule has 0 heterocycles. The zero-order valence-electron chi connectivity index (χ0n) is 10.6. The van der Waals surface area contributed by atoms with Gasteiger partial charge < -0.3 is 9.59 Å². The summed E-state index contributed by atoms with van der Waals surface area (Å²) in [4.78, 5) is 22.3. The second-order valence-electron chi connectivity index (χ2n) is 4.70. The first kappa shape index (κ1) is 13.6. The van der Waals surface area contributed by atoms with Crippen LogP contribution in [0.3, 0.4) is 0 Å². The Morgan fingerprint density at radius 1 is 1.00 bits per heavy atom. The van der Waals surface area contributed by atoms with Crippen LogP contribution >= 0.6 is 0 Å². The molecule has 0 aliphatic heterocycles. The van der Waals surface area contributed by atoms with E-state index in [-0.39, 0.29) is 17.5 Å². The van der Waals surface area contributed by atoms with Gasteiger partial charge in [-0.05, 0) is 38.2 Å². The van der Waals surface area contributed by atoms with Crippen molar-refractivity contribution in [1.82, 2.24) is 0 Å². The van der Waals surface area contributed by atoms with Gasteiger partial charge in [0, 0.05) is 12.8 Å². The van der Waals surface area contributed by atoms with Gasteiger partial charge in [0.05, 0.1) is 0 Å². The summed E-state index contributed by atoms with van der Waals surface area (Å²) in [7, 11) is 0. The summed E-state index contributed by atoms with van der Waals surface area (Å²) in [5, 5.41) is 0. The molecule has 0 saturated heterocycles. The quantitative estimate of drug-likeness (QED) is 0.723. The van der Waals surface area contributed by atoms with Gasteiger partial charge in [-0.15, -0.1) is 0 Å². The van der Waals surface area contributed by atoms with Gasteiger partial charge in [0.1, 0.15) is 11.6 Å². The van der Waals surface area contributed by atoms with E-state index in [9.17, 15) is 9.59 Å². The van der Waals surface area contributed by atoms with Crippen molar-refractivity contribution < 1.29 is 9.59 Å². The molecule has 0 N–H and O–H groups in total. The Morgan fingerprint density at radius 2 is 1.53 bits per heavy atom. The number of benzene rings is 1. The number of Topliss-reactive ketones (excluding diaryl/α,β-unsaturated/α-hetero) is 2. The van der Waals surface area contributed by atoms with Crippen LogP contribution in [0.1, 0.15) is 38.7 Å². The molecule has 0 aromatic heterocycles. The number of aryl methyl sites for hydroxylation is 1. The molecule has 0 saturated carbocycles. The first-order chi connectivity index (χ1) is 8.08. The molecule has 2 nitrogen and oxygen atoms in total. The van der Waals surface area contributed by atoms with E-state index in [1.54, 1.807) is 13.8 Å². The zero-order valence-corrected chi connectivity index (χ0v) is 10.6. The minimum Gasteiger partial charge on any atom is -0.300 e. The lowest BCUT2D eigenvalue weighted by Gasteiger charge is -2.13. The highest BCUT2D eigenvalue weighted by atomic mass is 16.1. The normalized spacial score (nSPS) is 10.5. The summed E-state index contributed by atoms with van der Waals surface area (Å²) in [5.74, 6) is 0.541. The Labute approximate surface area is 103 Å². The van der Waals surface area contributed by atoms with Crippen molar-refractivity contribution in [2.75, 3.05) is 0 Å². The predicted octanol–water partition coefficient (Wildman–Crippen LogP) is 3.19. The second kappa shape index (κ2) is 7.00. The molecule has 92 valence electrons. The van der Waals surface area contributed by atoms with Gasteiger partial charge in [-0.2, -0.15) is 0 Å². The molecule has 0 bridgehead atoms. The SMILES string of the molecule is CC(=O)CC(CCc1ccccc1)CC(C)=O. The highest BCUT2D eigenvalue weighted by molar-refractivity contribution is 5.79. The van der Waals surface area contributed by atoms with E-state index < -0.39 is 0 Å². The predicted molar refractivity (Wildman–Crippen MR) is 68.8 cm³/mol. The number of carbonyl (C=O) groups excluding carboxylic acids is 2. The Hall–Kier alpha value is -1.44. The number of carbonyl (C=O) groups is 2. The van der Waals surface area contributed by atoms with E-state index in [0.717, 1.165) is 12.8 Å². The molecule has 0 spiro atoms. The molecule has 0 fully saturated rings. The monoisotopic (exact) mass is 232 g/mol. The third-order valence-corrected chi connectivity index (χ3v) is 2.84. The van der Waals surface area contributed by atoms with Crippen molar-refractivity contribution in [3.8, 4) is 0 Å². The van der Waals surface area contributed by atoms with Gasteiger partial charge in [0.25, 0.3) is 0 Å². The minimum atomic E-state index is 0.171. The Balaban J connectivity index is 2.48. The maximum absolute atomic E-state index is 11.1. The Morgan fingerprint density at radius 3 is 2.00 bits per heavy atom. The summed E-state index contributed by atoms with van der Waals surface area (Å²) in [6, 6.07) is 10.2. The topological polar surface area (TPSA) is 34.1 Å². The molecular weight excluding hydrogens is 212 g/mol. The van der Waals surface area contributed by atoms with E-state index in [1.165, 1.54) is 5.56 Å². The molecular formula is C15H20O2. The largest absolute Gasteiger partial charge is 0.300 e. The zero-order chi connectivity index (χ0) is 12.7. The maximum Gasteiger partial charge on any atom is 0.130 e. The van der Waals surface area contributed by atoms with Crippen molar-refractivity contribution in [3.05, 3.63) is 35.9 Å². The molecule has 0 atom stereocenters. The van der Waals surface area contributed by atoms with Crippen LogP contribution in [0.15, 0.2) is 30.3 Å². The molecule has 1 aromatic rings. The molecule has 0 radical (unpaired) electrons. The Kier molecular flexibility index (Phi) is 5.61. The van der Waals surface area contributed by atoms with Gasteiger partial charge in [0.2, 0.25) is 0 Å². The smallest absolute Gasteiger partial charge is 0.130 e. The van der Waals surface area contributed by atoms with E-state index in [4.69, 9.17) is 0 Å². The first-order valence-electron chi connectivity index (χ1n) is 6.10. The van der Waals surface area contributed by atoms with E-state index >= 15 is 0 Å². The van der Waals surface area contributed by atoms with Crippen molar-refractivity contribution in [1.29, 1.82) is 0 Å². The van der Waals surface area contributed by atoms with Crippen LogP contribution in [0.25, 0.3) is 0 Å². The van der Waals surface area contributed by atoms with Crippen LogP contribution in [0.2, 0.25) is 0 Å². The maximum atomic E-state index is 11.1. The minimum absolute atomic E-state index is 0.171. The lowest BCUT2D eigenvalue weighted by Crippen LogP contribution is -2.11. The highest BCUT2D eigenvalue weighted by Gasteiger charge is 2.13. The van der Waals surface area contributed by atoms with Crippen molar-refractivity contribution in [3.63, 3.8) is 0 Å². The average Bonchev–Trinajstić information content (AvgIpc) is 2.26. The fourth-order valence-corrected chi connectivity index (χ4v) is 2.10. The van der Waals surface area contributed by atoms with Gasteiger partial charge in [-0.1, -0.05) is 30.3 Å². The molecule has 0 amide bonds. The fraction of sp³-hybridized carbons (Fsp3) is 0.467. The third-order valence-electron chi connectivity index (χ3n) is 2.84. The number of rotatable bonds is 7. The van der Waals surface area contributed by atoms with Crippen LogP contribution in [-0.4, -0.2) is 11.6 Å². The molecule has 0 aliphatic carbocycles.